The Hall–Kier alpha value is -2.60. The van der Waals surface area contributed by atoms with Crippen LogP contribution in [0, 0.1) is 6.92 Å². The number of thiocarbonyl (C=S) groups is 1. The quantitative estimate of drug-likeness (QED) is 0.728. The highest BCUT2D eigenvalue weighted by molar-refractivity contribution is 7.80. The highest BCUT2D eigenvalue weighted by atomic mass is 32.1. The Morgan fingerprint density at radius 1 is 1.20 bits per heavy atom. The van der Waals surface area contributed by atoms with Gasteiger partial charge < -0.3 is 19.2 Å². The van der Waals surface area contributed by atoms with Crippen LogP contribution in [0.2, 0.25) is 0 Å². The van der Waals surface area contributed by atoms with Crippen molar-refractivity contribution in [2.24, 2.45) is 7.05 Å². The van der Waals surface area contributed by atoms with Gasteiger partial charge in [0, 0.05) is 24.6 Å². The number of aryl methyl sites for hydroxylation is 1. The molecule has 25 heavy (non-hydrogen) atoms. The second kappa shape index (κ2) is 6.37. The zero-order valence-electron chi connectivity index (χ0n) is 14.2. The molecule has 1 aliphatic rings. The van der Waals surface area contributed by atoms with Gasteiger partial charge in [0.15, 0.2) is 5.11 Å². The molecule has 3 aromatic heterocycles. The predicted molar refractivity (Wildman–Crippen MR) is 99.9 cm³/mol. The van der Waals surface area contributed by atoms with Crippen LogP contribution in [-0.2, 0) is 13.6 Å². The molecule has 0 amide bonds. The number of pyridine rings is 1. The summed E-state index contributed by atoms with van der Waals surface area (Å²) in [6, 6.07) is 14.2. The molecule has 5 nitrogen and oxygen atoms in total. The normalized spacial score (nSPS) is 20.1. The third kappa shape index (κ3) is 2.82. The molecule has 4 rings (SSSR count). The zero-order valence-corrected chi connectivity index (χ0v) is 15.0. The molecule has 0 unspecified atom stereocenters. The van der Waals surface area contributed by atoms with Gasteiger partial charge in [0.05, 0.1) is 30.6 Å². The van der Waals surface area contributed by atoms with Crippen molar-refractivity contribution in [3.8, 4) is 0 Å². The Morgan fingerprint density at radius 3 is 2.72 bits per heavy atom. The van der Waals surface area contributed by atoms with E-state index < -0.39 is 0 Å². The molecule has 0 spiro atoms. The molecular weight excluding hydrogens is 332 g/mol. The third-order valence-electron chi connectivity index (χ3n) is 4.82. The lowest BCUT2D eigenvalue weighted by molar-refractivity contribution is 0.278. The average Bonchev–Trinajstić information content (AvgIpc) is 3.32. The molecule has 1 saturated heterocycles. The van der Waals surface area contributed by atoms with Crippen molar-refractivity contribution >= 4 is 17.3 Å². The summed E-state index contributed by atoms with van der Waals surface area (Å²) in [5.74, 6) is 0.891. The number of hydrogen-bond donors (Lipinski definition) is 1. The van der Waals surface area contributed by atoms with Crippen LogP contribution in [0.1, 0.15) is 34.9 Å². The van der Waals surface area contributed by atoms with Crippen molar-refractivity contribution in [1.29, 1.82) is 0 Å². The van der Waals surface area contributed by atoms with Gasteiger partial charge in [0.25, 0.3) is 0 Å². The molecule has 128 valence electrons. The van der Waals surface area contributed by atoms with Crippen LogP contribution < -0.4 is 5.32 Å². The maximum Gasteiger partial charge on any atom is 0.170 e. The van der Waals surface area contributed by atoms with Crippen LogP contribution in [0.4, 0.5) is 0 Å². The molecule has 1 N–H and O–H groups in total. The van der Waals surface area contributed by atoms with Crippen LogP contribution in [0.5, 0.6) is 0 Å². The highest BCUT2D eigenvalue weighted by Crippen LogP contribution is 2.39. The topological polar surface area (TPSA) is 46.2 Å². The molecular formula is C19H20N4OS. The Kier molecular flexibility index (Phi) is 4.05. The summed E-state index contributed by atoms with van der Waals surface area (Å²) >= 11 is 5.65. The molecule has 3 aromatic rings. The first-order chi connectivity index (χ1) is 12.1. The SMILES string of the molecule is Cc1ccc([C@@H]2[C@H](c3ccccn3)NC(=S)N2Cc2ccco2)n1C. The third-order valence-corrected chi connectivity index (χ3v) is 5.17. The van der Waals surface area contributed by atoms with E-state index in [1.54, 1.807) is 6.26 Å². The largest absolute Gasteiger partial charge is 0.467 e. The van der Waals surface area contributed by atoms with Crippen molar-refractivity contribution in [2.45, 2.75) is 25.6 Å². The Bertz CT molecular complexity index is 872. The number of aromatic nitrogens is 2. The Balaban J connectivity index is 1.77. The fourth-order valence-electron chi connectivity index (χ4n) is 3.40. The second-order valence-corrected chi connectivity index (χ2v) is 6.68. The van der Waals surface area contributed by atoms with Crippen LogP contribution in [-0.4, -0.2) is 19.6 Å². The maximum atomic E-state index is 5.65. The van der Waals surface area contributed by atoms with E-state index in [9.17, 15) is 0 Å². The molecule has 0 bridgehead atoms. The summed E-state index contributed by atoms with van der Waals surface area (Å²) in [5, 5.41) is 4.18. The Labute approximate surface area is 152 Å². The van der Waals surface area contributed by atoms with Gasteiger partial charge >= 0.3 is 0 Å². The lowest BCUT2D eigenvalue weighted by Gasteiger charge is -2.27. The summed E-state index contributed by atoms with van der Waals surface area (Å²) in [4.78, 5) is 6.74. The smallest absolute Gasteiger partial charge is 0.170 e. The molecule has 1 aliphatic heterocycles. The van der Waals surface area contributed by atoms with Crippen LogP contribution in [0.15, 0.2) is 59.3 Å². The molecule has 0 aromatic carbocycles. The number of nitrogens with zero attached hydrogens (tertiary/aromatic N) is 3. The van der Waals surface area contributed by atoms with E-state index in [2.05, 4.69) is 45.9 Å². The monoisotopic (exact) mass is 352 g/mol. The molecule has 0 radical (unpaired) electrons. The predicted octanol–water partition coefficient (Wildman–Crippen LogP) is 3.49. The molecule has 0 aliphatic carbocycles. The van der Waals surface area contributed by atoms with Crippen molar-refractivity contribution in [3.05, 3.63) is 77.8 Å². The van der Waals surface area contributed by atoms with Crippen molar-refractivity contribution in [2.75, 3.05) is 0 Å². The van der Waals surface area contributed by atoms with Crippen LogP contribution >= 0.6 is 12.2 Å². The first-order valence-corrected chi connectivity index (χ1v) is 8.68. The van der Waals surface area contributed by atoms with Gasteiger partial charge in [0.2, 0.25) is 0 Å². The van der Waals surface area contributed by atoms with Gasteiger partial charge in [-0.05, 0) is 55.5 Å². The summed E-state index contributed by atoms with van der Waals surface area (Å²) in [5.41, 5.74) is 3.40. The molecule has 4 heterocycles. The van der Waals surface area contributed by atoms with E-state index in [0.29, 0.717) is 6.54 Å². The van der Waals surface area contributed by atoms with E-state index in [4.69, 9.17) is 16.6 Å². The first kappa shape index (κ1) is 15.9. The summed E-state index contributed by atoms with van der Waals surface area (Å²) in [6.45, 7) is 2.73. The number of nitrogens with one attached hydrogen (secondary N) is 1. The van der Waals surface area contributed by atoms with Gasteiger partial charge in [-0.25, -0.2) is 0 Å². The van der Waals surface area contributed by atoms with E-state index in [1.807, 2.05) is 36.5 Å². The van der Waals surface area contributed by atoms with E-state index >= 15 is 0 Å². The number of hydrogen-bond acceptors (Lipinski definition) is 3. The fraction of sp³-hybridized carbons (Fsp3) is 0.263. The summed E-state index contributed by atoms with van der Waals surface area (Å²) < 4.78 is 7.77. The average molecular weight is 352 g/mol. The first-order valence-electron chi connectivity index (χ1n) is 8.28. The summed E-state index contributed by atoms with van der Waals surface area (Å²) in [7, 11) is 2.09. The van der Waals surface area contributed by atoms with E-state index in [1.165, 1.54) is 11.4 Å². The molecule has 6 heteroatoms. The standard InChI is InChI=1S/C19H20N4OS/c1-13-8-9-16(22(13)2)18-17(15-7-3-4-10-20-15)21-19(25)23(18)12-14-6-5-11-24-14/h3-11,17-18H,12H2,1-2H3,(H,21,25)/t17-,18+/m0/s1. The number of rotatable bonds is 4. The Morgan fingerprint density at radius 2 is 2.08 bits per heavy atom. The summed E-state index contributed by atoms with van der Waals surface area (Å²) in [6.07, 6.45) is 3.52. The zero-order chi connectivity index (χ0) is 17.4. The lowest BCUT2D eigenvalue weighted by Crippen LogP contribution is -2.29. The molecule has 0 saturated carbocycles. The van der Waals surface area contributed by atoms with Gasteiger partial charge in [-0.15, -0.1) is 0 Å². The fourth-order valence-corrected chi connectivity index (χ4v) is 3.70. The lowest BCUT2D eigenvalue weighted by atomic mass is 10.0. The van der Waals surface area contributed by atoms with Crippen molar-refractivity contribution in [1.82, 2.24) is 19.8 Å². The second-order valence-electron chi connectivity index (χ2n) is 6.29. The van der Waals surface area contributed by atoms with Crippen LogP contribution in [0.3, 0.4) is 0 Å². The van der Waals surface area contributed by atoms with Crippen molar-refractivity contribution in [3.63, 3.8) is 0 Å². The highest BCUT2D eigenvalue weighted by Gasteiger charge is 2.41. The van der Waals surface area contributed by atoms with Crippen molar-refractivity contribution < 1.29 is 4.42 Å². The van der Waals surface area contributed by atoms with E-state index in [-0.39, 0.29) is 12.1 Å². The van der Waals surface area contributed by atoms with E-state index in [0.717, 1.165) is 16.6 Å². The molecule has 1 fully saturated rings. The maximum absolute atomic E-state index is 5.65. The molecule has 2 atom stereocenters. The van der Waals surface area contributed by atoms with Crippen LogP contribution in [0.25, 0.3) is 0 Å². The van der Waals surface area contributed by atoms with Gasteiger partial charge in [-0.1, -0.05) is 6.07 Å². The van der Waals surface area contributed by atoms with Gasteiger partial charge in [0.1, 0.15) is 5.76 Å². The van der Waals surface area contributed by atoms with Gasteiger partial charge in [-0.3, -0.25) is 4.98 Å². The van der Waals surface area contributed by atoms with Gasteiger partial charge in [-0.2, -0.15) is 0 Å². The minimum Gasteiger partial charge on any atom is -0.467 e. The minimum atomic E-state index is -0.00309. The minimum absolute atomic E-state index is 0.00309. The number of furan rings is 1.